The lowest BCUT2D eigenvalue weighted by Gasteiger charge is -2.11. The Morgan fingerprint density at radius 1 is 1.05 bits per heavy atom. The second-order valence-corrected chi connectivity index (χ2v) is 5.99. The zero-order chi connectivity index (χ0) is 15.7. The average Bonchev–Trinajstić information content (AvgIpc) is 2.37. The first-order chi connectivity index (χ1) is 9.70. The van der Waals surface area contributed by atoms with Crippen LogP contribution >= 0.6 is 11.6 Å². The van der Waals surface area contributed by atoms with E-state index >= 15 is 0 Å². The molecular weight excluding hydrogens is 329 g/mol. The lowest BCUT2D eigenvalue weighted by molar-refractivity contribution is -0.137. The van der Waals surface area contributed by atoms with Gasteiger partial charge in [0.2, 0.25) is 0 Å². The zero-order valence-electron chi connectivity index (χ0n) is 10.2. The number of hydrogen-bond donors (Lipinski definition) is 1. The molecule has 2 rings (SSSR count). The number of sulfonamides is 1. The first-order valence-electron chi connectivity index (χ1n) is 5.52. The van der Waals surface area contributed by atoms with Gasteiger partial charge >= 0.3 is 6.18 Å². The number of benzene rings is 1. The van der Waals surface area contributed by atoms with E-state index in [1.807, 2.05) is 0 Å². The molecule has 0 amide bonds. The van der Waals surface area contributed by atoms with Crippen molar-refractivity contribution in [2.24, 2.45) is 0 Å². The molecule has 1 aromatic carbocycles. The molecule has 4 nitrogen and oxygen atoms in total. The van der Waals surface area contributed by atoms with Crippen molar-refractivity contribution in [1.29, 1.82) is 0 Å². The maximum atomic E-state index is 12.5. The molecule has 1 N–H and O–H groups in total. The number of halogens is 4. The quantitative estimate of drug-likeness (QED) is 0.872. The van der Waals surface area contributed by atoms with Gasteiger partial charge in [-0.15, -0.1) is 0 Å². The Kier molecular flexibility index (Phi) is 4.11. The molecule has 0 bridgehead atoms. The normalized spacial score (nSPS) is 12.2. The van der Waals surface area contributed by atoms with E-state index in [1.165, 1.54) is 24.3 Å². The third kappa shape index (κ3) is 3.64. The Labute approximate surface area is 123 Å². The van der Waals surface area contributed by atoms with Crippen molar-refractivity contribution in [2.75, 3.05) is 4.72 Å². The molecule has 0 unspecified atom stereocenters. The highest BCUT2D eigenvalue weighted by molar-refractivity contribution is 7.92. The number of nitrogens with one attached hydrogen (secondary N) is 1. The fraction of sp³-hybridized carbons (Fsp3) is 0.0833. The molecule has 0 aliphatic rings. The van der Waals surface area contributed by atoms with Crippen molar-refractivity contribution >= 4 is 27.4 Å². The van der Waals surface area contributed by atoms with Gasteiger partial charge in [-0.1, -0.05) is 29.8 Å². The fourth-order valence-corrected chi connectivity index (χ4v) is 2.78. The van der Waals surface area contributed by atoms with Gasteiger partial charge in [0.25, 0.3) is 10.0 Å². The van der Waals surface area contributed by atoms with E-state index in [0.29, 0.717) is 6.07 Å². The SMILES string of the molecule is O=S(=O)(Nc1ccc(C(F)(F)F)c(Cl)n1)c1ccccc1. The number of nitrogens with zero attached hydrogens (tertiary/aromatic N) is 1. The number of pyridine rings is 1. The van der Waals surface area contributed by atoms with E-state index in [1.54, 1.807) is 6.07 Å². The first kappa shape index (κ1) is 15.6. The number of hydrogen-bond acceptors (Lipinski definition) is 3. The monoisotopic (exact) mass is 336 g/mol. The van der Waals surface area contributed by atoms with Gasteiger partial charge in [0.15, 0.2) is 0 Å². The van der Waals surface area contributed by atoms with Crippen LogP contribution in [0.1, 0.15) is 5.56 Å². The van der Waals surface area contributed by atoms with Crippen molar-refractivity contribution in [1.82, 2.24) is 4.98 Å². The third-order valence-electron chi connectivity index (χ3n) is 2.45. The fourth-order valence-electron chi connectivity index (χ4n) is 1.50. The van der Waals surface area contributed by atoms with Gasteiger partial charge in [-0.25, -0.2) is 13.4 Å². The van der Waals surface area contributed by atoms with Crippen molar-refractivity contribution in [3.63, 3.8) is 0 Å². The molecule has 0 radical (unpaired) electrons. The van der Waals surface area contributed by atoms with E-state index in [-0.39, 0.29) is 10.7 Å². The first-order valence-corrected chi connectivity index (χ1v) is 7.38. The summed E-state index contributed by atoms with van der Waals surface area (Å²) in [5, 5.41) is -0.823. The highest BCUT2D eigenvalue weighted by Crippen LogP contribution is 2.34. The Hall–Kier alpha value is -1.80. The second kappa shape index (κ2) is 5.53. The van der Waals surface area contributed by atoms with Gasteiger partial charge in [-0.2, -0.15) is 13.2 Å². The summed E-state index contributed by atoms with van der Waals surface area (Å²) in [7, 11) is -3.93. The molecule has 0 saturated heterocycles. The molecule has 0 atom stereocenters. The van der Waals surface area contributed by atoms with Gasteiger partial charge in [0, 0.05) is 0 Å². The number of anilines is 1. The van der Waals surface area contributed by atoms with Crippen LogP contribution in [0.25, 0.3) is 0 Å². The van der Waals surface area contributed by atoms with Crippen LogP contribution in [0.2, 0.25) is 5.15 Å². The van der Waals surface area contributed by atoms with E-state index in [0.717, 1.165) is 6.07 Å². The van der Waals surface area contributed by atoms with Gasteiger partial charge in [0.1, 0.15) is 11.0 Å². The molecule has 0 saturated carbocycles. The third-order valence-corrected chi connectivity index (χ3v) is 4.11. The molecule has 2 aromatic rings. The van der Waals surface area contributed by atoms with Gasteiger partial charge in [0.05, 0.1) is 10.5 Å². The maximum absolute atomic E-state index is 12.5. The molecule has 1 aromatic heterocycles. The molecule has 112 valence electrons. The topological polar surface area (TPSA) is 59.1 Å². The predicted molar refractivity (Wildman–Crippen MR) is 71.5 cm³/mol. The molecule has 9 heteroatoms. The minimum atomic E-state index is -4.65. The van der Waals surface area contributed by atoms with Crippen molar-refractivity contribution < 1.29 is 21.6 Å². The summed E-state index contributed by atoms with van der Waals surface area (Å²) in [6.07, 6.45) is -4.65. The Bertz CT molecular complexity index is 749. The van der Waals surface area contributed by atoms with Crippen LogP contribution in [0.3, 0.4) is 0 Å². The van der Waals surface area contributed by atoms with Gasteiger partial charge in [-0.05, 0) is 24.3 Å². The summed E-state index contributed by atoms with van der Waals surface area (Å²) in [6.45, 7) is 0. The Balaban J connectivity index is 2.31. The summed E-state index contributed by atoms with van der Waals surface area (Å²) in [5.41, 5.74) is -1.13. The van der Waals surface area contributed by atoms with Crippen LogP contribution in [-0.4, -0.2) is 13.4 Å². The molecule has 0 spiro atoms. The highest BCUT2D eigenvalue weighted by Gasteiger charge is 2.34. The summed E-state index contributed by atoms with van der Waals surface area (Å²) in [6, 6.07) is 8.91. The average molecular weight is 337 g/mol. The Morgan fingerprint density at radius 3 is 2.19 bits per heavy atom. The van der Waals surface area contributed by atoms with Gasteiger partial charge in [-0.3, -0.25) is 4.72 Å². The molecule has 0 aliphatic heterocycles. The number of aromatic nitrogens is 1. The predicted octanol–water partition coefficient (Wildman–Crippen LogP) is 3.55. The van der Waals surface area contributed by atoms with Crippen LogP contribution in [0.4, 0.5) is 19.0 Å². The molecule has 21 heavy (non-hydrogen) atoms. The van der Waals surface area contributed by atoms with Crippen LogP contribution < -0.4 is 4.72 Å². The van der Waals surface area contributed by atoms with Crippen LogP contribution in [0.15, 0.2) is 47.4 Å². The summed E-state index contributed by atoms with van der Waals surface area (Å²) in [4.78, 5) is 3.37. The largest absolute Gasteiger partial charge is 0.419 e. The number of alkyl halides is 3. The standard InChI is InChI=1S/C12H8ClF3N2O2S/c13-11-9(12(14,15)16)6-7-10(17-11)18-21(19,20)8-4-2-1-3-5-8/h1-7H,(H,17,18). The van der Waals surface area contributed by atoms with E-state index in [2.05, 4.69) is 9.71 Å². The van der Waals surface area contributed by atoms with Crippen LogP contribution in [0, 0.1) is 0 Å². The molecule has 0 aliphatic carbocycles. The molecule has 1 heterocycles. The van der Waals surface area contributed by atoms with Crippen molar-refractivity contribution in [3.8, 4) is 0 Å². The van der Waals surface area contributed by atoms with Crippen molar-refractivity contribution in [2.45, 2.75) is 11.1 Å². The summed E-state index contributed by atoms with van der Waals surface area (Å²) >= 11 is 5.42. The lowest BCUT2D eigenvalue weighted by Crippen LogP contribution is -2.15. The summed E-state index contributed by atoms with van der Waals surface area (Å²) < 4.78 is 63.6. The van der Waals surface area contributed by atoms with E-state index in [4.69, 9.17) is 11.6 Å². The van der Waals surface area contributed by atoms with Crippen molar-refractivity contribution in [3.05, 3.63) is 53.2 Å². The number of rotatable bonds is 3. The Morgan fingerprint density at radius 2 is 1.67 bits per heavy atom. The van der Waals surface area contributed by atoms with E-state index in [9.17, 15) is 21.6 Å². The molecular formula is C12H8ClF3N2O2S. The second-order valence-electron chi connectivity index (χ2n) is 3.95. The van der Waals surface area contributed by atoms with Gasteiger partial charge < -0.3 is 0 Å². The summed E-state index contributed by atoms with van der Waals surface area (Å²) in [5.74, 6) is -0.295. The minimum absolute atomic E-state index is 0.0391. The van der Waals surface area contributed by atoms with E-state index < -0.39 is 26.9 Å². The zero-order valence-corrected chi connectivity index (χ0v) is 11.8. The minimum Gasteiger partial charge on any atom is -0.263 e. The maximum Gasteiger partial charge on any atom is 0.419 e. The van der Waals surface area contributed by atoms with Crippen LogP contribution in [0.5, 0.6) is 0 Å². The smallest absolute Gasteiger partial charge is 0.263 e. The molecule has 0 fully saturated rings. The van der Waals surface area contributed by atoms with Crippen LogP contribution in [-0.2, 0) is 16.2 Å². The lowest BCUT2D eigenvalue weighted by atomic mass is 10.3. The highest BCUT2D eigenvalue weighted by atomic mass is 35.5.